The standard InChI is InChI=1S/C12H19N3O2/c1-12(2,7-10(16)17)6-9-13-11(8-4-5-8)14-15(9)3/h8H,4-7H2,1-3H3,(H,16,17). The number of aryl methyl sites for hydroxylation is 1. The smallest absolute Gasteiger partial charge is 0.303 e. The van der Waals surface area contributed by atoms with Crippen LogP contribution in [0.25, 0.3) is 0 Å². The van der Waals surface area contributed by atoms with E-state index in [1.54, 1.807) is 4.68 Å². The van der Waals surface area contributed by atoms with E-state index in [4.69, 9.17) is 5.11 Å². The highest BCUT2D eigenvalue weighted by Crippen LogP contribution is 2.38. The minimum absolute atomic E-state index is 0.151. The van der Waals surface area contributed by atoms with E-state index < -0.39 is 5.97 Å². The third-order valence-corrected chi connectivity index (χ3v) is 3.08. The Hall–Kier alpha value is -1.39. The van der Waals surface area contributed by atoms with Crippen molar-refractivity contribution in [2.45, 2.75) is 45.4 Å². The molecule has 1 fully saturated rings. The van der Waals surface area contributed by atoms with Crippen LogP contribution in [0.4, 0.5) is 0 Å². The van der Waals surface area contributed by atoms with Crippen LogP contribution in [-0.4, -0.2) is 25.8 Å². The van der Waals surface area contributed by atoms with Gasteiger partial charge in [0.05, 0.1) is 6.42 Å². The Morgan fingerprint density at radius 1 is 1.53 bits per heavy atom. The van der Waals surface area contributed by atoms with Gasteiger partial charge >= 0.3 is 5.97 Å². The largest absolute Gasteiger partial charge is 0.481 e. The van der Waals surface area contributed by atoms with Crippen LogP contribution >= 0.6 is 0 Å². The zero-order valence-electron chi connectivity index (χ0n) is 10.6. The molecule has 0 amide bonds. The van der Waals surface area contributed by atoms with Gasteiger partial charge < -0.3 is 5.11 Å². The van der Waals surface area contributed by atoms with Gasteiger partial charge in [-0.2, -0.15) is 5.10 Å². The molecule has 0 unspecified atom stereocenters. The minimum atomic E-state index is -0.764. The highest BCUT2D eigenvalue weighted by molar-refractivity contribution is 5.67. The first-order chi connectivity index (χ1) is 7.87. The Morgan fingerprint density at radius 2 is 2.18 bits per heavy atom. The van der Waals surface area contributed by atoms with Crippen LogP contribution in [0.5, 0.6) is 0 Å². The summed E-state index contributed by atoms with van der Waals surface area (Å²) in [6.45, 7) is 3.90. The lowest BCUT2D eigenvalue weighted by Gasteiger charge is -2.21. The molecule has 1 heterocycles. The van der Waals surface area contributed by atoms with Gasteiger partial charge in [-0.1, -0.05) is 13.8 Å². The van der Waals surface area contributed by atoms with E-state index in [1.807, 2.05) is 20.9 Å². The number of aliphatic carboxylic acids is 1. The van der Waals surface area contributed by atoms with Crippen LogP contribution in [0.1, 0.15) is 50.7 Å². The number of carboxylic acids is 1. The SMILES string of the molecule is Cn1nc(C2CC2)nc1CC(C)(C)CC(=O)O. The van der Waals surface area contributed by atoms with Crippen LogP contribution in [-0.2, 0) is 18.3 Å². The van der Waals surface area contributed by atoms with Gasteiger partial charge in [-0.25, -0.2) is 4.98 Å². The molecule has 0 aromatic carbocycles. The van der Waals surface area contributed by atoms with Gasteiger partial charge in [0.15, 0.2) is 5.82 Å². The van der Waals surface area contributed by atoms with Crippen molar-refractivity contribution >= 4 is 5.97 Å². The molecule has 0 saturated heterocycles. The van der Waals surface area contributed by atoms with Crippen LogP contribution in [0.2, 0.25) is 0 Å². The third kappa shape index (κ3) is 3.05. The Bertz CT molecular complexity index is 433. The number of aromatic nitrogens is 3. The van der Waals surface area contributed by atoms with Crippen molar-refractivity contribution in [1.29, 1.82) is 0 Å². The molecule has 17 heavy (non-hydrogen) atoms. The Morgan fingerprint density at radius 3 is 2.71 bits per heavy atom. The van der Waals surface area contributed by atoms with Crippen molar-refractivity contribution in [3.63, 3.8) is 0 Å². The maximum Gasteiger partial charge on any atom is 0.303 e. The molecular weight excluding hydrogens is 218 g/mol. The summed E-state index contributed by atoms with van der Waals surface area (Å²) in [6, 6.07) is 0. The van der Waals surface area contributed by atoms with Gasteiger partial charge in [0, 0.05) is 19.4 Å². The second-order valence-electron chi connectivity index (χ2n) is 5.70. The minimum Gasteiger partial charge on any atom is -0.481 e. The Balaban J connectivity index is 2.09. The monoisotopic (exact) mass is 237 g/mol. The second kappa shape index (κ2) is 4.13. The van der Waals surface area contributed by atoms with Crippen LogP contribution in [0.3, 0.4) is 0 Å². The molecule has 0 radical (unpaired) electrons. The zero-order chi connectivity index (χ0) is 12.6. The van der Waals surface area contributed by atoms with Gasteiger partial charge in [0.2, 0.25) is 0 Å². The fraction of sp³-hybridized carbons (Fsp3) is 0.750. The van der Waals surface area contributed by atoms with E-state index in [2.05, 4.69) is 10.1 Å². The Labute approximate surface area is 101 Å². The van der Waals surface area contributed by atoms with Crippen molar-refractivity contribution in [2.24, 2.45) is 12.5 Å². The first kappa shape index (κ1) is 12.1. The van der Waals surface area contributed by atoms with Crippen LogP contribution < -0.4 is 0 Å². The molecule has 1 aromatic rings. The second-order valence-corrected chi connectivity index (χ2v) is 5.70. The van der Waals surface area contributed by atoms with Crippen molar-refractivity contribution in [2.75, 3.05) is 0 Å². The number of carboxylic acid groups (broad SMARTS) is 1. The molecule has 0 spiro atoms. The van der Waals surface area contributed by atoms with E-state index >= 15 is 0 Å². The summed E-state index contributed by atoms with van der Waals surface area (Å²) in [5.74, 6) is 1.59. The predicted molar refractivity (Wildman–Crippen MR) is 62.7 cm³/mol. The van der Waals surface area contributed by atoms with E-state index in [1.165, 1.54) is 12.8 Å². The van der Waals surface area contributed by atoms with Gasteiger partial charge in [-0.15, -0.1) is 0 Å². The lowest BCUT2D eigenvalue weighted by atomic mass is 9.85. The molecule has 1 saturated carbocycles. The van der Waals surface area contributed by atoms with Crippen molar-refractivity contribution < 1.29 is 9.90 Å². The van der Waals surface area contributed by atoms with Crippen LogP contribution in [0, 0.1) is 5.41 Å². The summed E-state index contributed by atoms with van der Waals surface area (Å²) >= 11 is 0. The molecule has 0 aliphatic heterocycles. The Kier molecular flexibility index (Phi) is 2.93. The van der Waals surface area contributed by atoms with E-state index in [-0.39, 0.29) is 11.8 Å². The number of carbonyl (C=O) groups is 1. The summed E-state index contributed by atoms with van der Waals surface area (Å²) in [7, 11) is 1.88. The zero-order valence-corrected chi connectivity index (χ0v) is 10.6. The highest BCUT2D eigenvalue weighted by Gasteiger charge is 2.30. The molecule has 94 valence electrons. The van der Waals surface area contributed by atoms with Gasteiger partial charge in [-0.05, 0) is 18.3 Å². The number of rotatable bonds is 5. The third-order valence-electron chi connectivity index (χ3n) is 3.08. The van der Waals surface area contributed by atoms with Crippen molar-refractivity contribution in [1.82, 2.24) is 14.8 Å². The summed E-state index contributed by atoms with van der Waals surface area (Å²) in [4.78, 5) is 15.3. The molecule has 1 N–H and O–H groups in total. The maximum absolute atomic E-state index is 10.8. The van der Waals surface area contributed by atoms with Gasteiger partial charge in [0.1, 0.15) is 5.82 Å². The molecule has 1 aromatic heterocycles. The fourth-order valence-corrected chi connectivity index (χ4v) is 2.01. The van der Waals surface area contributed by atoms with Gasteiger partial charge in [-0.3, -0.25) is 9.48 Å². The molecule has 1 aliphatic carbocycles. The lowest BCUT2D eigenvalue weighted by molar-refractivity contribution is -0.139. The summed E-state index contributed by atoms with van der Waals surface area (Å²) < 4.78 is 1.79. The lowest BCUT2D eigenvalue weighted by Crippen LogP contribution is -2.21. The summed E-state index contributed by atoms with van der Waals surface area (Å²) in [5, 5.41) is 13.3. The summed E-state index contributed by atoms with van der Waals surface area (Å²) in [6.07, 6.45) is 3.16. The van der Waals surface area contributed by atoms with E-state index in [9.17, 15) is 4.79 Å². The molecule has 2 rings (SSSR count). The molecule has 0 bridgehead atoms. The van der Waals surface area contributed by atoms with Gasteiger partial charge in [0.25, 0.3) is 0 Å². The average Bonchev–Trinajstić information content (AvgIpc) is 2.91. The predicted octanol–water partition coefficient (Wildman–Crippen LogP) is 1.74. The normalized spacial score (nSPS) is 16.2. The number of nitrogens with zero attached hydrogens (tertiary/aromatic N) is 3. The average molecular weight is 237 g/mol. The van der Waals surface area contributed by atoms with Crippen molar-refractivity contribution in [3.8, 4) is 0 Å². The number of hydrogen-bond donors (Lipinski definition) is 1. The van der Waals surface area contributed by atoms with E-state index in [0.29, 0.717) is 12.3 Å². The number of hydrogen-bond acceptors (Lipinski definition) is 3. The first-order valence-corrected chi connectivity index (χ1v) is 5.99. The molecule has 0 atom stereocenters. The molecule has 1 aliphatic rings. The molecular formula is C12H19N3O2. The van der Waals surface area contributed by atoms with E-state index in [0.717, 1.165) is 11.6 Å². The summed E-state index contributed by atoms with van der Waals surface area (Å²) in [5.41, 5.74) is -0.284. The molecule has 5 nitrogen and oxygen atoms in total. The first-order valence-electron chi connectivity index (χ1n) is 5.99. The maximum atomic E-state index is 10.8. The van der Waals surface area contributed by atoms with Crippen LogP contribution in [0.15, 0.2) is 0 Å². The quantitative estimate of drug-likeness (QED) is 0.847. The fourth-order valence-electron chi connectivity index (χ4n) is 2.01. The highest BCUT2D eigenvalue weighted by atomic mass is 16.4. The molecule has 5 heteroatoms. The topological polar surface area (TPSA) is 68.0 Å². The van der Waals surface area contributed by atoms with Crippen molar-refractivity contribution in [3.05, 3.63) is 11.6 Å².